The van der Waals surface area contributed by atoms with E-state index in [-0.39, 0.29) is 23.9 Å². The third kappa shape index (κ3) is 5.25. The number of aliphatic hydroxyl groups is 1. The van der Waals surface area contributed by atoms with Crippen LogP contribution in [0.5, 0.6) is 0 Å². The summed E-state index contributed by atoms with van der Waals surface area (Å²) in [4.78, 5) is 31.4. The Bertz CT molecular complexity index is 1650. The summed E-state index contributed by atoms with van der Waals surface area (Å²) in [5, 5.41) is 15.2. The van der Waals surface area contributed by atoms with Gasteiger partial charge in [-0.15, -0.1) is 0 Å². The Labute approximate surface area is 223 Å². The quantitative estimate of drug-likeness (QED) is 0.240. The molecule has 5 aromatic rings. The monoisotopic (exact) mass is 526 g/mol. The van der Waals surface area contributed by atoms with Crippen molar-refractivity contribution in [2.75, 3.05) is 24.2 Å². The summed E-state index contributed by atoms with van der Waals surface area (Å²) in [6.45, 7) is 2.08. The fourth-order valence-corrected chi connectivity index (χ4v) is 4.34. The van der Waals surface area contributed by atoms with Gasteiger partial charge in [0.25, 0.3) is 5.91 Å². The Balaban J connectivity index is 1.56. The van der Waals surface area contributed by atoms with Gasteiger partial charge < -0.3 is 26.0 Å². The zero-order valence-corrected chi connectivity index (χ0v) is 21.4. The third-order valence-electron chi connectivity index (χ3n) is 6.28. The maximum absolute atomic E-state index is 13.7. The summed E-state index contributed by atoms with van der Waals surface area (Å²) in [6, 6.07) is 14.5. The van der Waals surface area contributed by atoms with Gasteiger partial charge in [0.15, 0.2) is 11.5 Å². The van der Waals surface area contributed by atoms with Gasteiger partial charge in [-0.2, -0.15) is 0 Å². The highest BCUT2D eigenvalue weighted by atomic mass is 19.1. The van der Waals surface area contributed by atoms with Gasteiger partial charge in [0.05, 0.1) is 52.8 Å². The Morgan fingerprint density at radius 2 is 1.82 bits per heavy atom. The maximum Gasteiger partial charge on any atom is 0.274 e. The van der Waals surface area contributed by atoms with Gasteiger partial charge in [-0.1, -0.05) is 6.07 Å². The highest BCUT2D eigenvalue weighted by Gasteiger charge is 2.23. The normalized spacial score (nSPS) is 11.9. The first-order chi connectivity index (χ1) is 18.9. The second-order valence-electron chi connectivity index (χ2n) is 9.00. The van der Waals surface area contributed by atoms with Crippen LogP contribution in [0.15, 0.2) is 67.1 Å². The van der Waals surface area contributed by atoms with Crippen molar-refractivity contribution in [2.45, 2.75) is 13.0 Å². The zero-order chi connectivity index (χ0) is 27.5. The van der Waals surface area contributed by atoms with Crippen molar-refractivity contribution in [1.29, 1.82) is 0 Å². The molecule has 0 bridgehead atoms. The van der Waals surface area contributed by atoms with Crippen molar-refractivity contribution in [3.05, 3.63) is 84.3 Å². The molecular formula is C28H27FN8O2. The predicted octanol–water partition coefficient (Wildman–Crippen LogP) is 3.71. The summed E-state index contributed by atoms with van der Waals surface area (Å²) in [5.74, 6) is -0.978. The number of rotatable bonds is 8. The number of halogens is 1. The van der Waals surface area contributed by atoms with Crippen molar-refractivity contribution in [3.63, 3.8) is 0 Å². The van der Waals surface area contributed by atoms with Crippen LogP contribution in [0.2, 0.25) is 0 Å². The van der Waals surface area contributed by atoms with E-state index in [1.807, 2.05) is 35.9 Å². The van der Waals surface area contributed by atoms with E-state index in [1.54, 1.807) is 37.6 Å². The Kier molecular flexibility index (Phi) is 7.15. The van der Waals surface area contributed by atoms with Gasteiger partial charge in [-0.05, 0) is 55.5 Å². The molecule has 1 unspecified atom stereocenters. The summed E-state index contributed by atoms with van der Waals surface area (Å²) < 4.78 is 15.6. The standard InChI is InChI=1S/C28H27FN8O2/c1-16(23-21(31-12-13-38)4-3-11-32-23)34-28(39)26-27(30)36-24(17-5-8-19(29)9-6-17)25(35-26)18-7-10-20-22(14-18)37(2)15-33-20/h3-11,14-16,31,38H,12-13H2,1-2H3,(H2,30,36)(H,34,39). The van der Waals surface area contributed by atoms with Crippen LogP contribution in [0.1, 0.15) is 29.1 Å². The number of aryl methyl sites for hydroxylation is 1. The predicted molar refractivity (Wildman–Crippen MR) is 147 cm³/mol. The molecule has 0 radical (unpaired) electrons. The molecule has 11 heteroatoms. The van der Waals surface area contributed by atoms with Crippen molar-refractivity contribution < 1.29 is 14.3 Å². The number of hydrogen-bond donors (Lipinski definition) is 4. The number of carbonyl (C=O) groups is 1. The molecular weight excluding hydrogens is 499 g/mol. The highest BCUT2D eigenvalue weighted by Crippen LogP contribution is 2.33. The lowest BCUT2D eigenvalue weighted by atomic mass is 10.0. The summed E-state index contributed by atoms with van der Waals surface area (Å²) in [7, 11) is 1.89. The number of nitrogen functional groups attached to an aromatic ring is 1. The molecule has 3 aromatic heterocycles. The molecule has 198 valence electrons. The Hall–Kier alpha value is -4.90. The van der Waals surface area contributed by atoms with Crippen LogP contribution >= 0.6 is 0 Å². The first-order valence-electron chi connectivity index (χ1n) is 12.3. The molecule has 39 heavy (non-hydrogen) atoms. The molecule has 5 rings (SSSR count). The number of imidazole rings is 1. The number of anilines is 2. The molecule has 0 aliphatic heterocycles. The molecule has 10 nitrogen and oxygen atoms in total. The maximum atomic E-state index is 13.7. The van der Waals surface area contributed by atoms with E-state index in [0.29, 0.717) is 40.4 Å². The van der Waals surface area contributed by atoms with Crippen LogP contribution in [-0.4, -0.2) is 48.7 Å². The third-order valence-corrected chi connectivity index (χ3v) is 6.28. The van der Waals surface area contributed by atoms with Crippen LogP contribution < -0.4 is 16.4 Å². The van der Waals surface area contributed by atoms with Crippen LogP contribution in [0.4, 0.5) is 15.9 Å². The van der Waals surface area contributed by atoms with Gasteiger partial charge in [-0.25, -0.2) is 19.3 Å². The van der Waals surface area contributed by atoms with Crippen LogP contribution in [0.3, 0.4) is 0 Å². The Morgan fingerprint density at radius 3 is 2.59 bits per heavy atom. The van der Waals surface area contributed by atoms with Gasteiger partial charge in [0.1, 0.15) is 5.82 Å². The molecule has 1 amide bonds. The number of nitrogens with zero attached hydrogens (tertiary/aromatic N) is 5. The number of benzene rings is 2. The minimum atomic E-state index is -0.528. The lowest BCUT2D eigenvalue weighted by Crippen LogP contribution is -2.30. The number of amides is 1. The largest absolute Gasteiger partial charge is 0.395 e. The van der Waals surface area contributed by atoms with Crippen molar-refractivity contribution >= 4 is 28.4 Å². The van der Waals surface area contributed by atoms with E-state index >= 15 is 0 Å². The Morgan fingerprint density at radius 1 is 1.08 bits per heavy atom. The van der Waals surface area contributed by atoms with Crippen molar-refractivity contribution in [1.82, 2.24) is 29.8 Å². The number of pyridine rings is 1. The van der Waals surface area contributed by atoms with E-state index in [1.165, 1.54) is 12.1 Å². The minimum absolute atomic E-state index is 0.0466. The van der Waals surface area contributed by atoms with E-state index in [9.17, 15) is 14.3 Å². The van der Waals surface area contributed by atoms with Gasteiger partial charge in [-0.3, -0.25) is 9.78 Å². The van der Waals surface area contributed by atoms with E-state index in [4.69, 9.17) is 5.73 Å². The number of hydrogen-bond acceptors (Lipinski definition) is 8. The molecule has 0 saturated carbocycles. The lowest BCUT2D eigenvalue weighted by molar-refractivity contribution is 0.0935. The van der Waals surface area contributed by atoms with Gasteiger partial charge in [0, 0.05) is 30.9 Å². The molecule has 1 atom stereocenters. The van der Waals surface area contributed by atoms with E-state index < -0.39 is 11.9 Å². The van der Waals surface area contributed by atoms with Crippen molar-refractivity contribution in [2.24, 2.45) is 7.05 Å². The SMILES string of the molecule is CC(NC(=O)c1nc(-c2ccc3ncn(C)c3c2)c(-c2ccc(F)cc2)nc1N)c1ncccc1NCCO. The molecule has 2 aromatic carbocycles. The molecule has 5 N–H and O–H groups in total. The van der Waals surface area contributed by atoms with Gasteiger partial charge >= 0.3 is 0 Å². The first kappa shape index (κ1) is 25.7. The molecule has 0 aliphatic carbocycles. The molecule has 0 aliphatic rings. The number of aromatic nitrogens is 5. The fourth-order valence-electron chi connectivity index (χ4n) is 4.34. The summed E-state index contributed by atoms with van der Waals surface area (Å²) >= 11 is 0. The van der Waals surface area contributed by atoms with Crippen LogP contribution in [0.25, 0.3) is 33.5 Å². The number of fused-ring (bicyclic) bond motifs is 1. The van der Waals surface area contributed by atoms with E-state index in [0.717, 1.165) is 11.0 Å². The molecule has 0 fully saturated rings. The number of carbonyl (C=O) groups excluding carboxylic acids is 1. The highest BCUT2D eigenvalue weighted by molar-refractivity contribution is 5.98. The smallest absolute Gasteiger partial charge is 0.274 e. The second kappa shape index (κ2) is 10.8. The second-order valence-corrected chi connectivity index (χ2v) is 9.00. The topological polar surface area (TPSA) is 144 Å². The van der Waals surface area contributed by atoms with E-state index in [2.05, 4.69) is 30.6 Å². The zero-order valence-electron chi connectivity index (χ0n) is 21.4. The number of nitrogens with two attached hydrogens (primary N) is 1. The first-order valence-corrected chi connectivity index (χ1v) is 12.3. The van der Waals surface area contributed by atoms with Gasteiger partial charge in [0.2, 0.25) is 0 Å². The number of nitrogens with one attached hydrogen (secondary N) is 2. The molecule has 0 spiro atoms. The average Bonchev–Trinajstić information content (AvgIpc) is 3.32. The average molecular weight is 527 g/mol. The van der Waals surface area contributed by atoms with Crippen LogP contribution in [0, 0.1) is 5.82 Å². The number of aliphatic hydroxyl groups excluding tert-OH is 1. The molecule has 0 saturated heterocycles. The summed E-state index contributed by atoms with van der Waals surface area (Å²) in [5.41, 5.74) is 11.3. The fraction of sp³-hybridized carbons (Fsp3) is 0.179. The lowest BCUT2D eigenvalue weighted by Gasteiger charge is -2.18. The van der Waals surface area contributed by atoms with Crippen molar-refractivity contribution in [3.8, 4) is 22.5 Å². The summed E-state index contributed by atoms with van der Waals surface area (Å²) in [6.07, 6.45) is 3.34. The van der Waals surface area contributed by atoms with Crippen LogP contribution in [-0.2, 0) is 7.05 Å². The molecule has 3 heterocycles. The minimum Gasteiger partial charge on any atom is -0.395 e.